The summed E-state index contributed by atoms with van der Waals surface area (Å²) in [6.07, 6.45) is 0.731. The fourth-order valence-electron chi connectivity index (χ4n) is 3.70. The lowest BCUT2D eigenvalue weighted by Gasteiger charge is -2.39. The van der Waals surface area contributed by atoms with Gasteiger partial charge in [-0.25, -0.2) is 0 Å². The maximum Gasteiger partial charge on any atom is 0.314 e. The van der Waals surface area contributed by atoms with Crippen molar-refractivity contribution in [1.82, 2.24) is 4.90 Å². The van der Waals surface area contributed by atoms with Gasteiger partial charge < -0.3 is 19.5 Å². The highest BCUT2D eigenvalue weighted by Gasteiger charge is 2.44. The van der Waals surface area contributed by atoms with Crippen LogP contribution in [0.4, 0.5) is 0 Å². The fraction of sp³-hybridized carbons (Fsp3) is 0.333. The largest absolute Gasteiger partial charge is 0.493 e. The summed E-state index contributed by atoms with van der Waals surface area (Å²) in [6.45, 7) is 0.723. The van der Waals surface area contributed by atoms with Crippen LogP contribution in [0, 0.1) is 0 Å². The minimum atomic E-state index is -0.962. The zero-order valence-corrected chi connectivity index (χ0v) is 15.5. The van der Waals surface area contributed by atoms with Gasteiger partial charge in [0.2, 0.25) is 0 Å². The highest BCUT2D eigenvalue weighted by Crippen LogP contribution is 2.37. The van der Waals surface area contributed by atoms with Gasteiger partial charge in [0.1, 0.15) is 0 Å². The monoisotopic (exact) mass is 369 g/mol. The van der Waals surface area contributed by atoms with Gasteiger partial charge in [0.25, 0.3) is 5.91 Å². The van der Waals surface area contributed by atoms with Crippen LogP contribution >= 0.6 is 0 Å². The zero-order valence-electron chi connectivity index (χ0n) is 15.5. The minimum absolute atomic E-state index is 0.183. The van der Waals surface area contributed by atoms with Gasteiger partial charge in [-0.05, 0) is 30.5 Å². The molecule has 2 aromatic carbocycles. The zero-order chi connectivity index (χ0) is 19.4. The molecule has 1 aliphatic heterocycles. The third kappa shape index (κ3) is 3.35. The van der Waals surface area contributed by atoms with Crippen LogP contribution in [0.3, 0.4) is 0 Å². The Balaban J connectivity index is 1.83. The Morgan fingerprint density at radius 2 is 1.63 bits per heavy atom. The van der Waals surface area contributed by atoms with Crippen molar-refractivity contribution >= 4 is 11.9 Å². The van der Waals surface area contributed by atoms with Gasteiger partial charge in [0.05, 0.1) is 25.2 Å². The lowest BCUT2D eigenvalue weighted by molar-refractivity contribution is -0.145. The molecule has 3 rings (SSSR count). The molecule has 6 heteroatoms. The number of methoxy groups -OCH3 is 2. The number of carboxylic acids is 1. The number of likely N-dealkylation sites (tertiary alicyclic amines) is 1. The van der Waals surface area contributed by atoms with Crippen LogP contribution in [0.15, 0.2) is 48.5 Å². The third-order valence-electron chi connectivity index (χ3n) is 5.27. The van der Waals surface area contributed by atoms with E-state index in [1.165, 1.54) is 14.2 Å². The number of hydrogen-bond donors (Lipinski definition) is 1. The maximum atomic E-state index is 13.0. The molecule has 0 aliphatic carbocycles. The van der Waals surface area contributed by atoms with Gasteiger partial charge in [0, 0.05) is 13.1 Å². The Bertz CT molecular complexity index is 826. The number of carbonyl (C=O) groups excluding carboxylic acids is 1. The number of carboxylic acid groups (broad SMARTS) is 1. The Hall–Kier alpha value is -3.02. The number of amides is 1. The molecule has 0 saturated carbocycles. The second kappa shape index (κ2) is 7.70. The van der Waals surface area contributed by atoms with E-state index in [4.69, 9.17) is 9.47 Å². The molecule has 0 atom stereocenters. The number of carbonyl (C=O) groups is 2. The average molecular weight is 369 g/mol. The number of nitrogens with zero attached hydrogens (tertiary/aromatic N) is 1. The summed E-state index contributed by atoms with van der Waals surface area (Å²) >= 11 is 0. The first kappa shape index (κ1) is 18.8. The van der Waals surface area contributed by atoms with Gasteiger partial charge in [0.15, 0.2) is 11.5 Å². The molecule has 0 radical (unpaired) electrons. The molecule has 2 aromatic rings. The van der Waals surface area contributed by atoms with E-state index in [2.05, 4.69) is 0 Å². The number of ether oxygens (including phenoxy) is 2. The standard InChI is InChI=1S/C21H23NO5/c1-26-17-10-6-9-16(18(17)27-2)19(23)22-13-11-21(12-14-22,20(24)25)15-7-4-3-5-8-15/h3-10H,11-14H2,1-2H3,(H,24,25). The second-order valence-corrected chi connectivity index (χ2v) is 6.59. The highest BCUT2D eigenvalue weighted by atomic mass is 16.5. The van der Waals surface area contributed by atoms with Crippen molar-refractivity contribution in [3.63, 3.8) is 0 Å². The average Bonchev–Trinajstić information content (AvgIpc) is 2.73. The number of rotatable bonds is 5. The predicted molar refractivity (Wildman–Crippen MR) is 100 cm³/mol. The first-order chi connectivity index (χ1) is 13.0. The molecule has 0 bridgehead atoms. The number of hydrogen-bond acceptors (Lipinski definition) is 4. The summed E-state index contributed by atoms with van der Waals surface area (Å²) < 4.78 is 10.6. The van der Waals surface area contributed by atoms with Crippen molar-refractivity contribution in [2.24, 2.45) is 0 Å². The van der Waals surface area contributed by atoms with Crippen LogP contribution in [0.2, 0.25) is 0 Å². The summed E-state index contributed by atoms with van der Waals surface area (Å²) in [5, 5.41) is 9.89. The highest BCUT2D eigenvalue weighted by molar-refractivity contribution is 5.98. The maximum absolute atomic E-state index is 13.0. The molecule has 1 fully saturated rings. The summed E-state index contributed by atoms with van der Waals surface area (Å²) in [5.74, 6) is -0.148. The van der Waals surface area contributed by atoms with Crippen molar-refractivity contribution in [3.05, 3.63) is 59.7 Å². The number of piperidine rings is 1. The Labute approximate surface area is 158 Å². The molecule has 1 N–H and O–H groups in total. The molecule has 6 nitrogen and oxygen atoms in total. The SMILES string of the molecule is COc1cccc(C(=O)N2CCC(C(=O)O)(c3ccccc3)CC2)c1OC. The molecule has 1 heterocycles. The van der Waals surface area contributed by atoms with E-state index < -0.39 is 11.4 Å². The van der Waals surface area contributed by atoms with Crippen molar-refractivity contribution in [3.8, 4) is 11.5 Å². The van der Waals surface area contributed by atoms with Crippen LogP contribution in [0.1, 0.15) is 28.8 Å². The van der Waals surface area contributed by atoms with E-state index in [9.17, 15) is 14.7 Å². The topological polar surface area (TPSA) is 76.1 Å². The number of benzene rings is 2. The van der Waals surface area contributed by atoms with E-state index in [1.807, 2.05) is 30.3 Å². The van der Waals surface area contributed by atoms with Gasteiger partial charge in [-0.1, -0.05) is 36.4 Å². The lowest BCUT2D eigenvalue weighted by Crippen LogP contribution is -2.49. The van der Waals surface area contributed by atoms with E-state index in [0.29, 0.717) is 43.0 Å². The Kier molecular flexibility index (Phi) is 5.35. The fourth-order valence-corrected chi connectivity index (χ4v) is 3.70. The smallest absolute Gasteiger partial charge is 0.314 e. The van der Waals surface area contributed by atoms with Crippen LogP contribution in [-0.4, -0.2) is 49.2 Å². The molecule has 0 aromatic heterocycles. The summed E-state index contributed by atoms with van der Waals surface area (Å²) in [5.41, 5.74) is 0.235. The quantitative estimate of drug-likeness (QED) is 0.877. The van der Waals surface area contributed by atoms with Crippen molar-refractivity contribution in [2.45, 2.75) is 18.3 Å². The third-order valence-corrected chi connectivity index (χ3v) is 5.27. The summed E-state index contributed by atoms with van der Waals surface area (Å²) in [7, 11) is 3.02. The normalized spacial score (nSPS) is 15.9. The van der Waals surface area contributed by atoms with Crippen molar-refractivity contribution in [2.75, 3.05) is 27.3 Å². The van der Waals surface area contributed by atoms with E-state index in [0.717, 1.165) is 5.56 Å². The molecular weight excluding hydrogens is 346 g/mol. The van der Waals surface area contributed by atoms with Crippen LogP contribution in [0.5, 0.6) is 11.5 Å². The molecule has 0 spiro atoms. The van der Waals surface area contributed by atoms with Gasteiger partial charge >= 0.3 is 5.97 Å². The molecule has 0 unspecified atom stereocenters. The number of para-hydroxylation sites is 1. The molecule has 1 amide bonds. The molecule has 142 valence electrons. The second-order valence-electron chi connectivity index (χ2n) is 6.59. The predicted octanol–water partition coefficient (Wildman–Crippen LogP) is 2.96. The van der Waals surface area contributed by atoms with Crippen LogP contribution < -0.4 is 9.47 Å². The van der Waals surface area contributed by atoms with Gasteiger partial charge in [-0.3, -0.25) is 9.59 Å². The first-order valence-corrected chi connectivity index (χ1v) is 8.82. The van der Waals surface area contributed by atoms with E-state index in [1.54, 1.807) is 23.1 Å². The molecular formula is C21H23NO5. The first-order valence-electron chi connectivity index (χ1n) is 8.82. The Morgan fingerprint density at radius 1 is 0.963 bits per heavy atom. The van der Waals surface area contributed by atoms with Crippen LogP contribution in [0.25, 0.3) is 0 Å². The van der Waals surface area contributed by atoms with Crippen LogP contribution in [-0.2, 0) is 10.2 Å². The van der Waals surface area contributed by atoms with E-state index in [-0.39, 0.29) is 5.91 Å². The lowest BCUT2D eigenvalue weighted by atomic mass is 9.72. The van der Waals surface area contributed by atoms with Gasteiger partial charge in [-0.2, -0.15) is 0 Å². The summed E-state index contributed by atoms with van der Waals surface area (Å²) in [4.78, 5) is 26.8. The molecule has 27 heavy (non-hydrogen) atoms. The molecule has 1 saturated heterocycles. The van der Waals surface area contributed by atoms with Gasteiger partial charge in [-0.15, -0.1) is 0 Å². The minimum Gasteiger partial charge on any atom is -0.493 e. The number of aliphatic carboxylic acids is 1. The van der Waals surface area contributed by atoms with E-state index >= 15 is 0 Å². The molecule has 1 aliphatic rings. The van der Waals surface area contributed by atoms with Crippen molar-refractivity contribution < 1.29 is 24.2 Å². The summed E-state index contributed by atoms with van der Waals surface area (Å²) in [6, 6.07) is 14.4. The Morgan fingerprint density at radius 3 is 2.19 bits per heavy atom. The van der Waals surface area contributed by atoms with Crippen molar-refractivity contribution in [1.29, 1.82) is 0 Å².